The number of aromatic nitrogens is 2. The third-order valence-electron chi connectivity index (χ3n) is 3.83. The number of hydrogen-bond acceptors (Lipinski definition) is 4. The number of rotatable bonds is 5. The minimum absolute atomic E-state index is 0.190. The maximum absolute atomic E-state index is 11.1. The Morgan fingerprint density at radius 2 is 2.00 bits per heavy atom. The number of azo groups is 1. The highest BCUT2D eigenvalue weighted by Crippen LogP contribution is 2.27. The number of carboxylic acids is 1. The Labute approximate surface area is 139 Å². The average Bonchev–Trinajstić information content (AvgIpc) is 2.91. The Bertz CT molecular complexity index is 928. The number of nitrogens with zero attached hydrogens (tertiary/aromatic N) is 4. The van der Waals surface area contributed by atoms with E-state index >= 15 is 0 Å². The summed E-state index contributed by atoms with van der Waals surface area (Å²) in [5.41, 5.74) is 3.94. The number of pyridine rings is 1. The van der Waals surface area contributed by atoms with E-state index in [1.54, 1.807) is 4.40 Å². The maximum atomic E-state index is 11.1. The number of fused-ring (bicyclic) bond motifs is 1. The highest BCUT2D eigenvalue weighted by molar-refractivity contribution is 5.72. The van der Waals surface area contributed by atoms with Crippen molar-refractivity contribution in [2.45, 2.75) is 26.7 Å². The van der Waals surface area contributed by atoms with Crippen molar-refractivity contribution in [3.05, 3.63) is 59.4 Å². The Hall–Kier alpha value is -3.02. The van der Waals surface area contributed by atoms with E-state index in [9.17, 15) is 4.79 Å². The molecular weight excluding hydrogens is 304 g/mol. The molecule has 6 nitrogen and oxygen atoms in total. The summed E-state index contributed by atoms with van der Waals surface area (Å²) < 4.78 is 1.78. The lowest BCUT2D eigenvalue weighted by Crippen LogP contribution is -2.00. The summed E-state index contributed by atoms with van der Waals surface area (Å²) in [6.07, 6.45) is 2.48. The zero-order valence-corrected chi connectivity index (χ0v) is 13.6. The van der Waals surface area contributed by atoms with Gasteiger partial charge in [0.2, 0.25) is 0 Å². The van der Waals surface area contributed by atoms with Crippen LogP contribution in [0, 0.1) is 6.92 Å². The number of aliphatic carboxylic acids is 1. The summed E-state index contributed by atoms with van der Waals surface area (Å²) in [5.74, 6) is -0.483. The van der Waals surface area contributed by atoms with Gasteiger partial charge >= 0.3 is 5.97 Å². The molecule has 2 aromatic heterocycles. The smallest absolute Gasteiger partial charge is 0.309 e. The van der Waals surface area contributed by atoms with Crippen LogP contribution in [0.2, 0.25) is 0 Å². The van der Waals surface area contributed by atoms with Crippen molar-refractivity contribution in [2.24, 2.45) is 10.2 Å². The lowest BCUT2D eigenvalue weighted by atomic mass is 10.1. The van der Waals surface area contributed by atoms with Crippen LogP contribution >= 0.6 is 0 Å². The second-order valence-corrected chi connectivity index (χ2v) is 5.52. The number of benzene rings is 1. The zero-order valence-electron chi connectivity index (χ0n) is 13.6. The van der Waals surface area contributed by atoms with Crippen molar-refractivity contribution in [1.29, 1.82) is 0 Å². The van der Waals surface area contributed by atoms with Crippen LogP contribution in [-0.4, -0.2) is 20.5 Å². The zero-order chi connectivity index (χ0) is 17.1. The molecular formula is C18H18N4O2. The molecule has 2 heterocycles. The first-order chi connectivity index (χ1) is 11.6. The van der Waals surface area contributed by atoms with E-state index in [2.05, 4.69) is 22.1 Å². The summed E-state index contributed by atoms with van der Waals surface area (Å²) in [6.45, 7) is 3.99. The van der Waals surface area contributed by atoms with Gasteiger partial charge < -0.3 is 5.11 Å². The fourth-order valence-electron chi connectivity index (χ4n) is 2.61. The van der Waals surface area contributed by atoms with Crippen LogP contribution in [0.4, 0.5) is 11.5 Å². The summed E-state index contributed by atoms with van der Waals surface area (Å²) in [6, 6.07) is 11.6. The highest BCUT2D eigenvalue weighted by atomic mass is 16.4. The van der Waals surface area contributed by atoms with Crippen molar-refractivity contribution >= 4 is 23.1 Å². The molecule has 0 spiro atoms. The van der Waals surface area contributed by atoms with Crippen LogP contribution in [0.15, 0.2) is 52.8 Å². The third-order valence-corrected chi connectivity index (χ3v) is 3.83. The first-order valence-electron chi connectivity index (χ1n) is 7.78. The van der Waals surface area contributed by atoms with E-state index in [-0.39, 0.29) is 6.42 Å². The Morgan fingerprint density at radius 3 is 2.75 bits per heavy atom. The second kappa shape index (κ2) is 6.62. The van der Waals surface area contributed by atoms with E-state index in [0.29, 0.717) is 17.2 Å². The molecule has 3 aromatic rings. The number of aryl methyl sites for hydroxylation is 2. The van der Waals surface area contributed by atoms with Gasteiger partial charge in [0.05, 0.1) is 17.8 Å². The molecule has 0 amide bonds. The average molecular weight is 322 g/mol. The van der Waals surface area contributed by atoms with Gasteiger partial charge in [-0.3, -0.25) is 9.20 Å². The Kier molecular flexibility index (Phi) is 4.37. The molecule has 0 unspecified atom stereocenters. The lowest BCUT2D eigenvalue weighted by Gasteiger charge is -2.01. The molecule has 122 valence electrons. The maximum Gasteiger partial charge on any atom is 0.309 e. The van der Waals surface area contributed by atoms with Crippen molar-refractivity contribution in [2.75, 3.05) is 0 Å². The van der Waals surface area contributed by atoms with E-state index in [1.807, 2.05) is 49.5 Å². The molecule has 0 fully saturated rings. The van der Waals surface area contributed by atoms with Gasteiger partial charge in [-0.15, -0.1) is 10.2 Å². The summed E-state index contributed by atoms with van der Waals surface area (Å²) in [5, 5.41) is 17.8. The highest BCUT2D eigenvalue weighted by Gasteiger charge is 2.16. The molecule has 0 radical (unpaired) electrons. The molecule has 0 saturated carbocycles. The summed E-state index contributed by atoms with van der Waals surface area (Å²) in [4.78, 5) is 15.6. The van der Waals surface area contributed by atoms with Crippen molar-refractivity contribution < 1.29 is 9.90 Å². The second-order valence-electron chi connectivity index (χ2n) is 5.52. The Balaban J connectivity index is 2.12. The molecule has 0 aliphatic heterocycles. The summed E-state index contributed by atoms with van der Waals surface area (Å²) in [7, 11) is 0. The molecule has 0 aliphatic rings. The monoisotopic (exact) mass is 322 g/mol. The van der Waals surface area contributed by atoms with Gasteiger partial charge in [-0.2, -0.15) is 0 Å². The van der Waals surface area contributed by atoms with Gasteiger partial charge in [-0.05, 0) is 36.6 Å². The normalized spacial score (nSPS) is 11.4. The standard InChI is InChI=1S/C18H18N4O2/c1-3-13-8-4-5-9-14(13)20-21-18-15(11-16(23)24)19-17-12(2)7-6-10-22(17)18/h4-10H,3,11H2,1-2H3,(H,23,24). The van der Waals surface area contributed by atoms with Gasteiger partial charge in [-0.1, -0.05) is 31.2 Å². The molecule has 0 atom stereocenters. The number of carbonyl (C=O) groups is 1. The van der Waals surface area contributed by atoms with E-state index < -0.39 is 5.97 Å². The van der Waals surface area contributed by atoms with Gasteiger partial charge in [0.1, 0.15) is 5.65 Å². The van der Waals surface area contributed by atoms with Crippen LogP contribution < -0.4 is 0 Å². The van der Waals surface area contributed by atoms with Crippen molar-refractivity contribution in [1.82, 2.24) is 9.38 Å². The lowest BCUT2D eigenvalue weighted by molar-refractivity contribution is -0.136. The quantitative estimate of drug-likeness (QED) is 0.713. The molecule has 1 N–H and O–H groups in total. The summed E-state index contributed by atoms with van der Waals surface area (Å²) >= 11 is 0. The van der Waals surface area contributed by atoms with Crippen LogP contribution in [-0.2, 0) is 17.6 Å². The van der Waals surface area contributed by atoms with Crippen LogP contribution in [0.3, 0.4) is 0 Å². The first kappa shape index (κ1) is 15.9. The van der Waals surface area contributed by atoms with E-state index in [0.717, 1.165) is 23.2 Å². The Morgan fingerprint density at radius 1 is 1.21 bits per heavy atom. The first-order valence-corrected chi connectivity index (χ1v) is 7.78. The predicted octanol–water partition coefficient (Wildman–Crippen LogP) is 4.25. The number of imidazole rings is 1. The third kappa shape index (κ3) is 3.03. The number of hydrogen-bond donors (Lipinski definition) is 1. The molecule has 0 saturated heterocycles. The van der Waals surface area contributed by atoms with Gasteiger partial charge in [0.25, 0.3) is 0 Å². The van der Waals surface area contributed by atoms with Gasteiger partial charge in [0, 0.05) is 6.20 Å². The largest absolute Gasteiger partial charge is 0.481 e. The van der Waals surface area contributed by atoms with Crippen LogP contribution in [0.1, 0.15) is 23.7 Å². The van der Waals surface area contributed by atoms with Crippen molar-refractivity contribution in [3.8, 4) is 0 Å². The molecule has 24 heavy (non-hydrogen) atoms. The molecule has 1 aromatic carbocycles. The molecule has 6 heteroatoms. The van der Waals surface area contributed by atoms with Gasteiger partial charge in [-0.25, -0.2) is 4.98 Å². The molecule has 0 bridgehead atoms. The van der Waals surface area contributed by atoms with Crippen LogP contribution in [0.25, 0.3) is 5.65 Å². The van der Waals surface area contributed by atoms with Gasteiger partial charge in [0.15, 0.2) is 5.82 Å². The fourth-order valence-corrected chi connectivity index (χ4v) is 2.61. The topological polar surface area (TPSA) is 79.3 Å². The number of carboxylic acid groups (broad SMARTS) is 1. The predicted molar refractivity (Wildman–Crippen MR) is 91.3 cm³/mol. The van der Waals surface area contributed by atoms with E-state index in [1.165, 1.54) is 0 Å². The van der Waals surface area contributed by atoms with E-state index in [4.69, 9.17) is 5.11 Å². The molecule has 3 rings (SSSR count). The van der Waals surface area contributed by atoms with Crippen LogP contribution in [0.5, 0.6) is 0 Å². The van der Waals surface area contributed by atoms with Crippen molar-refractivity contribution in [3.63, 3.8) is 0 Å². The fraction of sp³-hybridized carbons (Fsp3) is 0.222. The minimum Gasteiger partial charge on any atom is -0.481 e. The minimum atomic E-state index is -0.943. The molecule has 0 aliphatic carbocycles. The SMILES string of the molecule is CCc1ccccc1N=Nc1c(CC(=O)O)nc2c(C)cccn12.